The number of aromatic nitrogens is 2. The maximum Gasteiger partial charge on any atom is 0.416 e. The molecule has 8 heteroatoms. The lowest BCUT2D eigenvalue weighted by Gasteiger charge is -2.24. The number of fused-ring (bicyclic) bond motifs is 1. The van der Waals surface area contributed by atoms with Crippen molar-refractivity contribution in [1.82, 2.24) is 14.9 Å². The molecule has 1 saturated carbocycles. The number of amides is 1. The molecule has 142 valence electrons. The predicted molar refractivity (Wildman–Crippen MR) is 102 cm³/mol. The number of carbonyl (C=O) groups excluding carboxylic acids is 1. The molecule has 2 aromatic rings. The Hall–Kier alpha value is -1.71. The lowest BCUT2D eigenvalue weighted by Crippen LogP contribution is -2.33. The molecule has 1 aromatic heterocycles. The second kappa shape index (κ2) is 6.72. The van der Waals surface area contributed by atoms with Crippen molar-refractivity contribution in [2.75, 3.05) is 13.1 Å². The summed E-state index contributed by atoms with van der Waals surface area (Å²) >= 11 is 2.35. The van der Waals surface area contributed by atoms with Gasteiger partial charge in [-0.2, -0.15) is 13.2 Å². The molecule has 2 fully saturated rings. The Balaban J connectivity index is 1.53. The number of benzene rings is 1. The van der Waals surface area contributed by atoms with E-state index >= 15 is 0 Å². The van der Waals surface area contributed by atoms with Crippen molar-refractivity contribution < 1.29 is 18.0 Å². The number of alkyl halides is 4. The second-order valence-corrected chi connectivity index (χ2v) is 9.38. The van der Waals surface area contributed by atoms with Crippen molar-refractivity contribution in [3.05, 3.63) is 59.7 Å². The summed E-state index contributed by atoms with van der Waals surface area (Å²) in [6, 6.07) is 5.86. The molecule has 0 spiro atoms. The van der Waals surface area contributed by atoms with E-state index in [0.717, 1.165) is 6.07 Å². The predicted octanol–water partition coefficient (Wildman–Crippen LogP) is 4.32. The Morgan fingerprint density at radius 3 is 2.70 bits per heavy atom. The van der Waals surface area contributed by atoms with Crippen molar-refractivity contribution in [3.63, 3.8) is 0 Å². The first-order valence-corrected chi connectivity index (χ1v) is 9.76. The van der Waals surface area contributed by atoms with E-state index in [1.807, 2.05) is 0 Å². The minimum atomic E-state index is -4.35. The van der Waals surface area contributed by atoms with E-state index < -0.39 is 11.7 Å². The second-order valence-electron chi connectivity index (χ2n) is 7.23. The number of halogens is 4. The fourth-order valence-electron chi connectivity index (χ4n) is 4.37. The fraction of sp³-hybridized carbons (Fsp3) is 0.421. The molecule has 1 saturated heterocycles. The van der Waals surface area contributed by atoms with E-state index in [9.17, 15) is 18.0 Å². The summed E-state index contributed by atoms with van der Waals surface area (Å²) in [5.74, 6) is -0.135. The van der Waals surface area contributed by atoms with Gasteiger partial charge in [0.25, 0.3) is 5.91 Å². The summed E-state index contributed by atoms with van der Waals surface area (Å²) in [6.45, 7) is 1.07. The van der Waals surface area contributed by atoms with E-state index in [1.54, 1.807) is 17.0 Å². The van der Waals surface area contributed by atoms with Crippen LogP contribution in [-0.2, 0) is 6.18 Å². The highest BCUT2D eigenvalue weighted by atomic mass is 127. The van der Waals surface area contributed by atoms with Crippen LogP contribution in [0, 0.1) is 5.92 Å². The quantitative estimate of drug-likeness (QED) is 0.469. The molecular weight excluding hydrogens is 470 g/mol. The van der Waals surface area contributed by atoms with Gasteiger partial charge in [0, 0.05) is 28.9 Å². The van der Waals surface area contributed by atoms with E-state index in [-0.39, 0.29) is 21.2 Å². The van der Waals surface area contributed by atoms with Crippen molar-refractivity contribution in [2.45, 2.75) is 28.4 Å². The molecule has 3 atom stereocenters. The van der Waals surface area contributed by atoms with Crippen LogP contribution < -0.4 is 0 Å². The van der Waals surface area contributed by atoms with Crippen molar-refractivity contribution >= 4 is 28.5 Å². The molecule has 2 heterocycles. The third-order valence-corrected chi connectivity index (χ3v) is 7.22. The highest BCUT2D eigenvalue weighted by molar-refractivity contribution is 14.1. The van der Waals surface area contributed by atoms with Crippen LogP contribution in [0.25, 0.3) is 0 Å². The van der Waals surface area contributed by atoms with Gasteiger partial charge in [0.2, 0.25) is 0 Å². The average Bonchev–Trinajstić information content (AvgIpc) is 3.13. The van der Waals surface area contributed by atoms with Gasteiger partial charge in [0.05, 0.1) is 11.8 Å². The Kier molecular flexibility index (Phi) is 4.64. The number of hydrogen-bond donors (Lipinski definition) is 0. The van der Waals surface area contributed by atoms with Crippen molar-refractivity contribution in [3.8, 4) is 0 Å². The van der Waals surface area contributed by atoms with E-state index in [4.69, 9.17) is 0 Å². The molecule has 0 unspecified atom stereocenters. The third kappa shape index (κ3) is 3.43. The molecule has 1 amide bonds. The van der Waals surface area contributed by atoms with Crippen LogP contribution in [0.3, 0.4) is 0 Å². The number of nitrogens with zero attached hydrogens (tertiary/aromatic N) is 3. The minimum Gasteiger partial charge on any atom is -0.336 e. The van der Waals surface area contributed by atoms with Gasteiger partial charge in [0.15, 0.2) is 0 Å². The Morgan fingerprint density at radius 2 is 2.04 bits per heavy atom. The van der Waals surface area contributed by atoms with Gasteiger partial charge < -0.3 is 4.90 Å². The van der Waals surface area contributed by atoms with E-state index in [0.29, 0.717) is 37.2 Å². The molecule has 0 bridgehead atoms. The van der Waals surface area contributed by atoms with Crippen LogP contribution in [0.2, 0.25) is 0 Å². The van der Waals surface area contributed by atoms with E-state index in [2.05, 4.69) is 32.6 Å². The zero-order chi connectivity index (χ0) is 19.2. The van der Waals surface area contributed by atoms with Gasteiger partial charge in [-0.25, -0.2) is 4.98 Å². The van der Waals surface area contributed by atoms with Gasteiger partial charge in [0.1, 0.15) is 5.69 Å². The average molecular weight is 487 g/mol. The summed E-state index contributed by atoms with van der Waals surface area (Å²) in [4.78, 5) is 22.4. The monoisotopic (exact) mass is 487 g/mol. The fourth-order valence-corrected chi connectivity index (χ4v) is 5.76. The van der Waals surface area contributed by atoms with Crippen LogP contribution in [0.4, 0.5) is 13.2 Å². The highest BCUT2D eigenvalue weighted by Crippen LogP contribution is 2.55. The first kappa shape index (κ1) is 18.6. The van der Waals surface area contributed by atoms with Crippen LogP contribution in [0.1, 0.15) is 40.4 Å². The van der Waals surface area contributed by atoms with Gasteiger partial charge >= 0.3 is 6.18 Å². The molecule has 1 aliphatic heterocycles. The minimum absolute atomic E-state index is 0.140. The molecular formula is C19H17F3IN3O. The van der Waals surface area contributed by atoms with Gasteiger partial charge in [-0.05, 0) is 36.3 Å². The van der Waals surface area contributed by atoms with Crippen LogP contribution in [0.5, 0.6) is 0 Å². The van der Waals surface area contributed by atoms with Gasteiger partial charge in [-0.3, -0.25) is 9.78 Å². The molecule has 1 aliphatic carbocycles. The zero-order valence-electron chi connectivity index (χ0n) is 14.3. The summed E-state index contributed by atoms with van der Waals surface area (Å²) < 4.78 is 39.9. The van der Waals surface area contributed by atoms with Crippen LogP contribution in [0.15, 0.2) is 42.9 Å². The lowest BCUT2D eigenvalue weighted by atomic mass is 9.91. The summed E-state index contributed by atoms with van der Waals surface area (Å²) in [7, 11) is 0. The molecule has 1 aromatic carbocycles. The number of likely N-dealkylation sites (tertiary alicyclic amines) is 1. The molecule has 27 heavy (non-hydrogen) atoms. The maximum atomic E-state index is 13.4. The SMILES string of the molecule is O=C(c1cnccn1)N1C[C@@H]2C[C@H](c3ccccc3C(F)(F)F)C[C@]2(I)C1. The first-order chi connectivity index (χ1) is 12.8. The maximum absolute atomic E-state index is 13.4. The molecule has 2 aliphatic rings. The topological polar surface area (TPSA) is 46.1 Å². The normalized spacial score (nSPS) is 27.6. The highest BCUT2D eigenvalue weighted by Gasteiger charge is 2.53. The zero-order valence-corrected chi connectivity index (χ0v) is 16.4. The Bertz CT molecular complexity index is 861. The molecule has 4 rings (SSSR count). The molecule has 4 nitrogen and oxygen atoms in total. The number of carbonyl (C=O) groups is 1. The molecule has 0 N–H and O–H groups in total. The lowest BCUT2D eigenvalue weighted by molar-refractivity contribution is -0.138. The number of hydrogen-bond acceptors (Lipinski definition) is 3. The number of rotatable bonds is 2. The van der Waals surface area contributed by atoms with Crippen LogP contribution in [-0.4, -0.2) is 37.3 Å². The van der Waals surface area contributed by atoms with Gasteiger partial charge in [-0.1, -0.05) is 40.8 Å². The molecule has 0 radical (unpaired) electrons. The summed E-state index contributed by atoms with van der Waals surface area (Å²) in [6.07, 6.45) is 1.38. The van der Waals surface area contributed by atoms with Crippen LogP contribution >= 0.6 is 22.6 Å². The Morgan fingerprint density at radius 1 is 1.26 bits per heavy atom. The van der Waals surface area contributed by atoms with E-state index in [1.165, 1.54) is 24.7 Å². The summed E-state index contributed by atoms with van der Waals surface area (Å²) in [5.41, 5.74) is 0.140. The Labute approximate surface area is 168 Å². The van der Waals surface area contributed by atoms with Crippen molar-refractivity contribution in [1.29, 1.82) is 0 Å². The van der Waals surface area contributed by atoms with Gasteiger partial charge in [-0.15, -0.1) is 0 Å². The standard InChI is InChI=1S/C19H17F3IN3O/c20-19(21,22)15-4-2-1-3-14(15)12-7-13-10-26(11-18(13,23)8-12)17(27)16-9-24-5-6-25-16/h1-6,9,12-13H,7-8,10-11H2/t12-,13-,18-/m0/s1. The largest absolute Gasteiger partial charge is 0.416 e. The first-order valence-electron chi connectivity index (χ1n) is 8.68. The summed E-state index contributed by atoms with van der Waals surface area (Å²) in [5, 5.41) is 0. The smallest absolute Gasteiger partial charge is 0.336 e. The third-order valence-electron chi connectivity index (χ3n) is 5.56. The van der Waals surface area contributed by atoms with Crippen molar-refractivity contribution in [2.24, 2.45) is 5.92 Å².